The Morgan fingerprint density at radius 2 is 2.25 bits per heavy atom. The summed E-state index contributed by atoms with van der Waals surface area (Å²) in [5, 5.41) is 8.28. The van der Waals surface area contributed by atoms with E-state index in [9.17, 15) is 4.39 Å². The van der Waals surface area contributed by atoms with Gasteiger partial charge in [0.05, 0.1) is 0 Å². The molecule has 8 heavy (non-hydrogen) atoms. The van der Waals surface area contributed by atoms with E-state index in [1.54, 1.807) is 0 Å². The van der Waals surface area contributed by atoms with Gasteiger partial charge in [-0.15, -0.1) is 4.98 Å². The van der Waals surface area contributed by atoms with Crippen LogP contribution in [0.1, 0.15) is 0 Å². The molecule has 0 bridgehead atoms. The Bertz CT molecular complexity index is 174. The molecule has 1 aromatic heterocycles. The molecule has 0 saturated carbocycles. The van der Waals surface area contributed by atoms with E-state index in [1.165, 1.54) is 0 Å². The first-order valence-electron chi connectivity index (χ1n) is 1.75. The third kappa shape index (κ3) is 0.868. The van der Waals surface area contributed by atoms with Crippen LogP contribution >= 0.6 is 0 Å². The fraction of sp³-hybridized carbons (Fsp3) is 0. The minimum atomic E-state index is -1.03. The van der Waals surface area contributed by atoms with E-state index in [0.717, 1.165) is 0 Å². The van der Waals surface area contributed by atoms with Crippen molar-refractivity contribution < 1.29 is 9.50 Å². The predicted octanol–water partition coefficient (Wildman–Crippen LogP) is -0.484. The SMILES string of the molecule is Oc1n[c]nc(F)n1. The molecule has 41 valence electrons. The van der Waals surface area contributed by atoms with Crippen LogP contribution in [0.3, 0.4) is 0 Å². The van der Waals surface area contributed by atoms with E-state index in [2.05, 4.69) is 15.0 Å². The lowest BCUT2D eigenvalue weighted by Crippen LogP contribution is -1.89. The molecule has 1 radical (unpaired) electrons. The minimum absolute atomic E-state index is 0.655. The van der Waals surface area contributed by atoms with Gasteiger partial charge in [-0.25, -0.2) is 0 Å². The molecule has 0 aliphatic heterocycles. The number of nitrogens with zero attached hydrogens (tertiary/aromatic N) is 3. The topological polar surface area (TPSA) is 58.9 Å². The maximum absolute atomic E-state index is 11.7. The van der Waals surface area contributed by atoms with Gasteiger partial charge >= 0.3 is 12.1 Å². The summed E-state index contributed by atoms with van der Waals surface area (Å²) in [4.78, 5) is 8.68. The van der Waals surface area contributed by atoms with E-state index in [4.69, 9.17) is 5.11 Å². The quantitative estimate of drug-likeness (QED) is 0.494. The first kappa shape index (κ1) is 4.89. The lowest BCUT2D eigenvalue weighted by atomic mass is 11.0. The van der Waals surface area contributed by atoms with Crippen molar-refractivity contribution in [2.75, 3.05) is 0 Å². The van der Waals surface area contributed by atoms with Crippen molar-refractivity contribution in [2.45, 2.75) is 0 Å². The van der Waals surface area contributed by atoms with E-state index in [-0.39, 0.29) is 0 Å². The number of aromatic hydroxyl groups is 1. The Kier molecular flexibility index (Phi) is 1.03. The molecule has 0 unspecified atom stereocenters. The molecule has 1 heterocycles. The third-order valence-corrected chi connectivity index (χ3v) is 0.485. The number of hydrogen-bond acceptors (Lipinski definition) is 4. The summed E-state index contributed by atoms with van der Waals surface area (Å²) in [6, 6.07) is -0.655. The summed E-state index contributed by atoms with van der Waals surface area (Å²) in [6.45, 7) is 0. The van der Waals surface area contributed by atoms with Gasteiger partial charge in [-0.3, -0.25) is 0 Å². The molecule has 4 nitrogen and oxygen atoms in total. The summed E-state index contributed by atoms with van der Waals surface area (Å²) >= 11 is 0. The van der Waals surface area contributed by atoms with Gasteiger partial charge in [0.1, 0.15) is 0 Å². The van der Waals surface area contributed by atoms with Crippen LogP contribution in [0.2, 0.25) is 0 Å². The van der Waals surface area contributed by atoms with Crippen LogP contribution in [0.4, 0.5) is 4.39 Å². The van der Waals surface area contributed by atoms with E-state index in [0.29, 0.717) is 0 Å². The van der Waals surface area contributed by atoms with Crippen LogP contribution < -0.4 is 0 Å². The first-order valence-corrected chi connectivity index (χ1v) is 1.75. The van der Waals surface area contributed by atoms with Crippen molar-refractivity contribution >= 4 is 0 Å². The van der Waals surface area contributed by atoms with Crippen LogP contribution in [0, 0.1) is 12.4 Å². The van der Waals surface area contributed by atoms with Gasteiger partial charge in [-0.2, -0.15) is 14.4 Å². The van der Waals surface area contributed by atoms with Gasteiger partial charge in [0.15, 0.2) is 0 Å². The highest BCUT2D eigenvalue weighted by atomic mass is 19.1. The zero-order valence-electron chi connectivity index (χ0n) is 3.67. The Morgan fingerprint density at radius 3 is 2.62 bits per heavy atom. The monoisotopic (exact) mass is 114 g/mol. The second-order valence-corrected chi connectivity index (χ2v) is 1.00. The fourth-order valence-corrected chi connectivity index (χ4v) is 0.243. The van der Waals surface area contributed by atoms with Gasteiger partial charge in [0.2, 0.25) is 6.33 Å². The summed E-state index contributed by atoms with van der Waals surface area (Å²) in [6.07, 6.45) is 0.811. The van der Waals surface area contributed by atoms with Crippen molar-refractivity contribution in [1.82, 2.24) is 15.0 Å². The molecule has 1 rings (SSSR count). The van der Waals surface area contributed by atoms with Crippen LogP contribution in [0.25, 0.3) is 0 Å². The zero-order chi connectivity index (χ0) is 5.98. The van der Waals surface area contributed by atoms with Gasteiger partial charge in [0.25, 0.3) is 0 Å². The summed E-state index contributed by atoms with van der Waals surface area (Å²) in [7, 11) is 0. The molecule has 0 amide bonds. The summed E-state index contributed by atoms with van der Waals surface area (Å²) < 4.78 is 11.7. The summed E-state index contributed by atoms with van der Waals surface area (Å²) in [5.41, 5.74) is 0. The van der Waals surface area contributed by atoms with E-state index in [1.807, 2.05) is 6.33 Å². The van der Waals surface area contributed by atoms with E-state index < -0.39 is 12.1 Å². The molecule has 0 aliphatic rings. The highest BCUT2D eigenvalue weighted by molar-refractivity contribution is 4.82. The second kappa shape index (κ2) is 1.69. The Balaban J connectivity index is 3.08. The molecule has 1 aromatic rings. The molecule has 0 spiro atoms. The number of hydrogen-bond donors (Lipinski definition) is 1. The van der Waals surface area contributed by atoms with Gasteiger partial charge in [-0.1, -0.05) is 0 Å². The van der Waals surface area contributed by atoms with Gasteiger partial charge in [-0.05, 0) is 0 Å². The first-order chi connectivity index (χ1) is 3.79. The number of rotatable bonds is 0. The van der Waals surface area contributed by atoms with Gasteiger partial charge < -0.3 is 5.11 Å². The summed E-state index contributed by atoms with van der Waals surface area (Å²) in [5.74, 6) is 0. The smallest absolute Gasteiger partial charge is 0.320 e. The average Bonchev–Trinajstić information content (AvgIpc) is 1.64. The third-order valence-electron chi connectivity index (χ3n) is 0.485. The van der Waals surface area contributed by atoms with Crippen LogP contribution in [-0.2, 0) is 0 Å². The van der Waals surface area contributed by atoms with Crippen molar-refractivity contribution in [2.24, 2.45) is 0 Å². The lowest BCUT2D eigenvalue weighted by Gasteiger charge is -1.82. The number of halogens is 1. The van der Waals surface area contributed by atoms with Crippen LogP contribution in [0.5, 0.6) is 6.01 Å². The Hall–Kier alpha value is -1.26. The highest BCUT2D eigenvalue weighted by Crippen LogP contribution is 1.91. The molecule has 0 aliphatic carbocycles. The molecule has 0 saturated heterocycles. The van der Waals surface area contributed by atoms with Gasteiger partial charge in [0, 0.05) is 0 Å². The average molecular weight is 114 g/mol. The molecule has 1 N–H and O–H groups in total. The molecular weight excluding hydrogens is 113 g/mol. The lowest BCUT2D eigenvalue weighted by molar-refractivity contribution is 0.400. The zero-order valence-corrected chi connectivity index (χ0v) is 3.67. The van der Waals surface area contributed by atoms with Crippen molar-refractivity contribution in [3.05, 3.63) is 12.4 Å². The number of aromatic nitrogens is 3. The molecule has 5 heteroatoms. The molecular formula is C3HFN3O. The Morgan fingerprint density at radius 1 is 1.50 bits per heavy atom. The highest BCUT2D eigenvalue weighted by Gasteiger charge is 1.92. The van der Waals surface area contributed by atoms with Crippen molar-refractivity contribution in [1.29, 1.82) is 0 Å². The van der Waals surface area contributed by atoms with E-state index >= 15 is 0 Å². The van der Waals surface area contributed by atoms with Crippen LogP contribution in [0.15, 0.2) is 0 Å². The standard InChI is InChI=1S/C3HFN3O/c4-2-5-1-6-3(8)7-2/h(H,5,6,7,8). The maximum atomic E-state index is 11.7. The molecule has 0 aromatic carbocycles. The van der Waals surface area contributed by atoms with Crippen molar-refractivity contribution in [3.63, 3.8) is 0 Å². The Labute approximate surface area is 44.1 Å². The second-order valence-electron chi connectivity index (χ2n) is 1.00. The largest absolute Gasteiger partial charge is 0.479 e. The fourth-order valence-electron chi connectivity index (χ4n) is 0.243. The molecule has 0 fully saturated rings. The minimum Gasteiger partial charge on any atom is -0.479 e. The van der Waals surface area contributed by atoms with Crippen LogP contribution in [-0.4, -0.2) is 20.1 Å². The molecule has 0 atom stereocenters. The maximum Gasteiger partial charge on any atom is 0.320 e. The van der Waals surface area contributed by atoms with Crippen molar-refractivity contribution in [3.8, 4) is 6.01 Å². The normalized spacial score (nSPS) is 9.12. The predicted molar refractivity (Wildman–Crippen MR) is 20.3 cm³/mol.